The van der Waals surface area contributed by atoms with Gasteiger partial charge in [0.15, 0.2) is 5.78 Å². The molecule has 1 atom stereocenters. The van der Waals surface area contributed by atoms with Gasteiger partial charge in [0.1, 0.15) is 5.82 Å². The lowest BCUT2D eigenvalue weighted by atomic mass is 10.1. The molecule has 1 aromatic carbocycles. The zero-order valence-electron chi connectivity index (χ0n) is 15.3. The van der Waals surface area contributed by atoms with Crippen molar-refractivity contribution in [1.29, 1.82) is 0 Å². The normalized spacial score (nSPS) is 16.0. The zero-order valence-corrected chi connectivity index (χ0v) is 16.1. The highest BCUT2D eigenvalue weighted by Gasteiger charge is 2.26. The summed E-state index contributed by atoms with van der Waals surface area (Å²) in [6.07, 6.45) is 2.27. The fourth-order valence-electron chi connectivity index (χ4n) is 2.88. The molecule has 1 amide bonds. The number of amides is 1. The van der Waals surface area contributed by atoms with Crippen LogP contribution in [0.25, 0.3) is 0 Å². The van der Waals surface area contributed by atoms with Gasteiger partial charge < -0.3 is 9.80 Å². The van der Waals surface area contributed by atoms with Crippen LogP contribution in [0.1, 0.15) is 44.0 Å². The van der Waals surface area contributed by atoms with Gasteiger partial charge in [-0.3, -0.25) is 9.59 Å². The van der Waals surface area contributed by atoms with E-state index in [1.54, 1.807) is 23.9 Å². The van der Waals surface area contributed by atoms with Crippen LogP contribution in [0.4, 0.5) is 10.1 Å². The van der Waals surface area contributed by atoms with E-state index in [0.29, 0.717) is 37.4 Å². The molecule has 0 N–H and O–H groups in total. The second-order valence-corrected chi connectivity index (χ2v) is 7.85. The number of unbranched alkanes of at least 4 members (excludes halogenated alkanes) is 1. The van der Waals surface area contributed by atoms with Crippen molar-refractivity contribution in [2.24, 2.45) is 0 Å². The first kappa shape index (κ1) is 19.8. The number of rotatable bonds is 7. The van der Waals surface area contributed by atoms with E-state index < -0.39 is 0 Å². The molecular weight excluding hydrogens is 339 g/mol. The number of nitrogens with zero attached hydrogens (tertiary/aromatic N) is 2. The molecule has 2 rings (SSSR count). The van der Waals surface area contributed by atoms with Crippen LogP contribution in [0.2, 0.25) is 0 Å². The molecule has 1 unspecified atom stereocenters. The first-order chi connectivity index (χ1) is 11.9. The monoisotopic (exact) mass is 366 g/mol. The van der Waals surface area contributed by atoms with Gasteiger partial charge in [-0.25, -0.2) is 4.39 Å². The van der Waals surface area contributed by atoms with Gasteiger partial charge in [-0.2, -0.15) is 0 Å². The number of halogens is 1. The van der Waals surface area contributed by atoms with E-state index in [-0.39, 0.29) is 22.8 Å². The Morgan fingerprint density at radius 1 is 1.24 bits per heavy atom. The summed E-state index contributed by atoms with van der Waals surface area (Å²) in [4.78, 5) is 27.7. The van der Waals surface area contributed by atoms with E-state index in [1.165, 1.54) is 13.0 Å². The summed E-state index contributed by atoms with van der Waals surface area (Å²) in [7, 11) is 0. The van der Waals surface area contributed by atoms with Crippen LogP contribution in [-0.2, 0) is 4.79 Å². The Morgan fingerprint density at radius 2 is 1.92 bits per heavy atom. The van der Waals surface area contributed by atoms with E-state index in [9.17, 15) is 14.0 Å². The molecule has 0 radical (unpaired) electrons. The average Bonchev–Trinajstić information content (AvgIpc) is 2.61. The SMILES string of the molecule is CCCCSC(C)C(=O)N1CCN(c2ccc(C(C)=O)cc2F)CC1. The van der Waals surface area contributed by atoms with Crippen molar-refractivity contribution in [1.82, 2.24) is 4.90 Å². The smallest absolute Gasteiger partial charge is 0.235 e. The topological polar surface area (TPSA) is 40.6 Å². The Morgan fingerprint density at radius 3 is 2.48 bits per heavy atom. The van der Waals surface area contributed by atoms with E-state index in [0.717, 1.165) is 18.6 Å². The molecule has 1 aliphatic rings. The van der Waals surface area contributed by atoms with Crippen LogP contribution < -0.4 is 4.90 Å². The maximum absolute atomic E-state index is 14.3. The minimum absolute atomic E-state index is 0.0234. The highest BCUT2D eigenvalue weighted by Crippen LogP contribution is 2.23. The van der Waals surface area contributed by atoms with Crippen LogP contribution in [-0.4, -0.2) is 53.8 Å². The Balaban J connectivity index is 1.91. The first-order valence-corrected chi connectivity index (χ1v) is 9.94. The van der Waals surface area contributed by atoms with Gasteiger partial charge in [-0.1, -0.05) is 13.3 Å². The predicted molar refractivity (Wildman–Crippen MR) is 102 cm³/mol. The van der Waals surface area contributed by atoms with Gasteiger partial charge in [0.05, 0.1) is 10.9 Å². The molecule has 0 aromatic heterocycles. The molecule has 0 spiro atoms. The van der Waals surface area contributed by atoms with E-state index in [2.05, 4.69) is 6.92 Å². The van der Waals surface area contributed by atoms with Crippen molar-refractivity contribution in [2.75, 3.05) is 36.8 Å². The summed E-state index contributed by atoms with van der Waals surface area (Å²) in [5, 5.41) is -0.0234. The molecule has 0 bridgehead atoms. The maximum atomic E-state index is 14.3. The predicted octanol–water partition coefficient (Wildman–Crippen LogP) is 3.60. The number of hydrogen-bond donors (Lipinski definition) is 0. The van der Waals surface area contributed by atoms with Crippen molar-refractivity contribution < 1.29 is 14.0 Å². The number of piperazine rings is 1. The van der Waals surface area contributed by atoms with Crippen molar-refractivity contribution >= 4 is 29.1 Å². The Labute approximate surface area is 153 Å². The number of thioether (sulfide) groups is 1. The lowest BCUT2D eigenvalue weighted by Crippen LogP contribution is -2.51. The maximum Gasteiger partial charge on any atom is 0.235 e. The third-order valence-corrected chi connectivity index (χ3v) is 5.73. The van der Waals surface area contributed by atoms with Crippen LogP contribution in [0, 0.1) is 5.82 Å². The molecule has 138 valence electrons. The molecule has 4 nitrogen and oxygen atoms in total. The minimum Gasteiger partial charge on any atom is -0.366 e. The third-order valence-electron chi connectivity index (χ3n) is 4.50. The second-order valence-electron chi connectivity index (χ2n) is 6.40. The highest BCUT2D eigenvalue weighted by molar-refractivity contribution is 8.00. The van der Waals surface area contributed by atoms with Gasteiger partial charge >= 0.3 is 0 Å². The zero-order chi connectivity index (χ0) is 18.4. The average molecular weight is 367 g/mol. The van der Waals surface area contributed by atoms with Crippen molar-refractivity contribution in [3.63, 3.8) is 0 Å². The van der Waals surface area contributed by atoms with Crippen molar-refractivity contribution in [3.8, 4) is 0 Å². The Kier molecular flexibility index (Phi) is 7.29. The number of hydrogen-bond acceptors (Lipinski definition) is 4. The van der Waals surface area contributed by atoms with E-state index in [4.69, 9.17) is 0 Å². The van der Waals surface area contributed by atoms with Crippen LogP contribution in [0.15, 0.2) is 18.2 Å². The fourth-order valence-corrected chi connectivity index (χ4v) is 3.98. The van der Waals surface area contributed by atoms with Gasteiger partial charge in [0.25, 0.3) is 0 Å². The van der Waals surface area contributed by atoms with E-state index in [1.807, 2.05) is 16.7 Å². The number of Topliss-reactive ketones (excluding diaryl/α,β-unsaturated/α-hetero) is 1. The molecule has 0 saturated carbocycles. The lowest BCUT2D eigenvalue weighted by Gasteiger charge is -2.37. The lowest BCUT2D eigenvalue weighted by molar-refractivity contribution is -0.130. The van der Waals surface area contributed by atoms with Gasteiger partial charge in [-0.15, -0.1) is 11.8 Å². The molecule has 25 heavy (non-hydrogen) atoms. The number of benzene rings is 1. The highest BCUT2D eigenvalue weighted by atomic mass is 32.2. The molecule has 1 fully saturated rings. The largest absolute Gasteiger partial charge is 0.366 e. The summed E-state index contributed by atoms with van der Waals surface area (Å²) in [6, 6.07) is 4.61. The molecule has 1 heterocycles. The number of carbonyl (C=O) groups excluding carboxylic acids is 2. The Hall–Kier alpha value is -1.56. The number of anilines is 1. The molecule has 6 heteroatoms. The van der Waals surface area contributed by atoms with Crippen LogP contribution in [0.3, 0.4) is 0 Å². The third kappa shape index (κ3) is 5.21. The summed E-state index contributed by atoms with van der Waals surface area (Å²) in [5.41, 5.74) is 0.885. The molecular formula is C19H27FN2O2S. The van der Waals surface area contributed by atoms with Crippen molar-refractivity contribution in [2.45, 2.75) is 38.9 Å². The minimum atomic E-state index is -0.379. The molecule has 1 aromatic rings. The molecule has 1 aliphatic heterocycles. The second kappa shape index (κ2) is 9.22. The van der Waals surface area contributed by atoms with Crippen LogP contribution >= 0.6 is 11.8 Å². The van der Waals surface area contributed by atoms with Crippen LogP contribution in [0.5, 0.6) is 0 Å². The van der Waals surface area contributed by atoms with Gasteiger partial charge in [0.2, 0.25) is 5.91 Å². The summed E-state index contributed by atoms with van der Waals surface area (Å²) >= 11 is 1.71. The van der Waals surface area contributed by atoms with Crippen molar-refractivity contribution in [3.05, 3.63) is 29.6 Å². The standard InChI is InChI=1S/C19H27FN2O2S/c1-4-5-12-25-15(3)19(24)22-10-8-21(9-11-22)18-7-6-16(14(2)23)13-17(18)20/h6-7,13,15H,4-5,8-12H2,1-3H3. The van der Waals surface area contributed by atoms with Gasteiger partial charge in [-0.05, 0) is 44.2 Å². The van der Waals surface area contributed by atoms with Gasteiger partial charge in [0, 0.05) is 31.7 Å². The first-order valence-electron chi connectivity index (χ1n) is 8.89. The quantitative estimate of drug-likeness (QED) is 0.546. The molecule has 1 saturated heterocycles. The summed E-state index contributed by atoms with van der Waals surface area (Å²) in [6.45, 7) is 7.96. The van der Waals surface area contributed by atoms with E-state index >= 15 is 0 Å². The fraction of sp³-hybridized carbons (Fsp3) is 0.579. The summed E-state index contributed by atoms with van der Waals surface area (Å²) in [5.74, 6) is 0.663. The Bertz CT molecular complexity index is 615. The number of ketones is 1. The number of carbonyl (C=O) groups is 2. The summed E-state index contributed by atoms with van der Waals surface area (Å²) < 4.78 is 14.3. The molecule has 0 aliphatic carbocycles.